The Kier molecular flexibility index (Phi) is 5.19. The fourth-order valence-corrected chi connectivity index (χ4v) is 5.37. The Labute approximate surface area is 175 Å². The molecule has 1 N–H and O–H groups in total. The number of sulfonamides is 1. The number of aryl methyl sites for hydroxylation is 1. The number of furan rings is 1. The highest BCUT2D eigenvalue weighted by Crippen LogP contribution is 2.41. The van der Waals surface area contributed by atoms with Crippen LogP contribution in [0.15, 0.2) is 39.6 Å². The quantitative estimate of drug-likeness (QED) is 0.801. The van der Waals surface area contributed by atoms with Crippen molar-refractivity contribution in [2.24, 2.45) is 5.92 Å². The van der Waals surface area contributed by atoms with E-state index in [-0.39, 0.29) is 40.1 Å². The Morgan fingerprint density at radius 3 is 2.53 bits per heavy atom. The molecule has 3 heterocycles. The van der Waals surface area contributed by atoms with Gasteiger partial charge in [0.25, 0.3) is 5.91 Å². The number of nitrogens with zero attached hydrogens (tertiary/aromatic N) is 2. The molecule has 2 aliphatic heterocycles. The maximum atomic E-state index is 12.9. The number of likely N-dealkylation sites (tertiary alicyclic amines) is 1. The van der Waals surface area contributed by atoms with E-state index in [1.807, 2.05) is 24.3 Å². The van der Waals surface area contributed by atoms with Crippen LogP contribution in [0.25, 0.3) is 0 Å². The summed E-state index contributed by atoms with van der Waals surface area (Å²) in [5.74, 6) is -0.132. The van der Waals surface area contributed by atoms with E-state index in [1.165, 1.54) is 27.1 Å². The van der Waals surface area contributed by atoms with E-state index in [9.17, 15) is 18.0 Å². The van der Waals surface area contributed by atoms with Gasteiger partial charge in [-0.2, -0.15) is 0 Å². The maximum absolute atomic E-state index is 12.9. The molecule has 8 nitrogen and oxygen atoms in total. The average Bonchev–Trinajstić information content (AvgIpc) is 3.27. The van der Waals surface area contributed by atoms with Gasteiger partial charge in [-0.1, -0.05) is 18.2 Å². The molecule has 1 aromatic carbocycles. The highest BCUT2D eigenvalue weighted by atomic mass is 32.2. The summed E-state index contributed by atoms with van der Waals surface area (Å²) >= 11 is 0. The van der Waals surface area contributed by atoms with Gasteiger partial charge in [-0.25, -0.2) is 12.7 Å². The molecule has 1 fully saturated rings. The molecule has 2 aromatic rings. The van der Waals surface area contributed by atoms with E-state index in [0.29, 0.717) is 25.9 Å². The van der Waals surface area contributed by atoms with Crippen LogP contribution >= 0.6 is 0 Å². The first-order valence-electron chi connectivity index (χ1n) is 9.92. The van der Waals surface area contributed by atoms with Crippen molar-refractivity contribution in [1.29, 1.82) is 0 Å². The summed E-state index contributed by atoms with van der Waals surface area (Å²) in [5, 5.41) is 2.94. The normalized spacial score (nSPS) is 19.8. The van der Waals surface area contributed by atoms with Crippen molar-refractivity contribution in [1.82, 2.24) is 9.21 Å². The fourth-order valence-electron chi connectivity index (χ4n) is 4.32. The number of anilines is 1. The highest BCUT2D eigenvalue weighted by molar-refractivity contribution is 7.89. The topological polar surface area (TPSA) is 99.9 Å². The minimum atomic E-state index is -3.68. The van der Waals surface area contributed by atoms with Crippen molar-refractivity contribution in [2.45, 2.75) is 30.6 Å². The van der Waals surface area contributed by atoms with Gasteiger partial charge in [0.1, 0.15) is 10.7 Å². The van der Waals surface area contributed by atoms with Crippen molar-refractivity contribution in [3.63, 3.8) is 0 Å². The standard InChI is InChI=1S/C21H25N3O5S/c1-13-18(30(27,28)23(2)3)12-17(29-13)21(26)24-10-8-14(9-11-24)19-15-6-4-5-7-16(15)22-20(19)25/h4-7,12,14,19H,8-11H2,1-3H3,(H,22,25). The van der Waals surface area contributed by atoms with Gasteiger partial charge in [0, 0.05) is 38.9 Å². The molecule has 0 spiro atoms. The van der Waals surface area contributed by atoms with Gasteiger partial charge in [0.2, 0.25) is 15.9 Å². The van der Waals surface area contributed by atoms with Gasteiger partial charge >= 0.3 is 0 Å². The zero-order valence-corrected chi connectivity index (χ0v) is 18.0. The van der Waals surface area contributed by atoms with Crippen molar-refractivity contribution >= 4 is 27.5 Å². The number of piperidine rings is 1. The SMILES string of the molecule is Cc1oc(C(=O)N2CCC(C3C(=O)Nc4ccccc43)CC2)cc1S(=O)(=O)N(C)C. The smallest absolute Gasteiger partial charge is 0.289 e. The van der Waals surface area contributed by atoms with Gasteiger partial charge in [-0.15, -0.1) is 0 Å². The maximum Gasteiger partial charge on any atom is 0.289 e. The van der Waals surface area contributed by atoms with E-state index >= 15 is 0 Å². The van der Waals surface area contributed by atoms with E-state index in [0.717, 1.165) is 15.6 Å². The van der Waals surface area contributed by atoms with Crippen LogP contribution in [0, 0.1) is 12.8 Å². The molecule has 1 unspecified atom stereocenters. The van der Waals surface area contributed by atoms with Crippen LogP contribution in [0.3, 0.4) is 0 Å². The van der Waals surface area contributed by atoms with Crippen LogP contribution in [-0.4, -0.2) is 56.6 Å². The Balaban J connectivity index is 1.47. The Bertz CT molecular complexity index is 1100. The predicted octanol–water partition coefficient (Wildman–Crippen LogP) is 2.43. The molecular formula is C21H25N3O5S. The second-order valence-corrected chi connectivity index (χ2v) is 10.1. The monoisotopic (exact) mass is 431 g/mol. The Hall–Kier alpha value is -2.65. The number of benzene rings is 1. The number of fused-ring (bicyclic) bond motifs is 1. The van der Waals surface area contributed by atoms with Crippen molar-refractivity contribution in [3.8, 4) is 0 Å². The summed E-state index contributed by atoms with van der Waals surface area (Å²) in [4.78, 5) is 27.1. The summed E-state index contributed by atoms with van der Waals surface area (Å²) in [6.45, 7) is 2.52. The van der Waals surface area contributed by atoms with Crippen LogP contribution in [0.4, 0.5) is 5.69 Å². The molecular weight excluding hydrogens is 406 g/mol. The fraction of sp³-hybridized carbons (Fsp3) is 0.429. The molecule has 0 saturated carbocycles. The van der Waals surface area contributed by atoms with E-state index in [1.54, 1.807) is 4.90 Å². The van der Waals surface area contributed by atoms with Crippen LogP contribution in [0.5, 0.6) is 0 Å². The number of rotatable bonds is 4. The molecule has 1 aromatic heterocycles. The molecule has 1 atom stereocenters. The van der Waals surface area contributed by atoms with E-state index in [2.05, 4.69) is 5.32 Å². The summed E-state index contributed by atoms with van der Waals surface area (Å²) in [6, 6.07) is 9.03. The number of hydrogen-bond donors (Lipinski definition) is 1. The zero-order valence-electron chi connectivity index (χ0n) is 17.2. The lowest BCUT2D eigenvalue weighted by Gasteiger charge is -2.33. The molecule has 9 heteroatoms. The first kappa shape index (κ1) is 20.6. The molecule has 0 bridgehead atoms. The lowest BCUT2D eigenvalue weighted by molar-refractivity contribution is -0.118. The van der Waals surface area contributed by atoms with Crippen LogP contribution in [0.1, 0.15) is 40.6 Å². The van der Waals surface area contributed by atoms with E-state index < -0.39 is 10.0 Å². The van der Waals surface area contributed by atoms with Gasteiger partial charge in [0.05, 0.1) is 5.92 Å². The van der Waals surface area contributed by atoms with Crippen molar-refractivity contribution in [3.05, 3.63) is 47.4 Å². The molecule has 2 aliphatic rings. The summed E-state index contributed by atoms with van der Waals surface area (Å²) in [7, 11) is -0.809. The van der Waals surface area contributed by atoms with Crippen LogP contribution in [0.2, 0.25) is 0 Å². The molecule has 1 saturated heterocycles. The summed E-state index contributed by atoms with van der Waals surface area (Å²) < 4.78 is 31.4. The summed E-state index contributed by atoms with van der Waals surface area (Å²) in [6.07, 6.45) is 1.39. The second kappa shape index (κ2) is 7.55. The van der Waals surface area contributed by atoms with Gasteiger partial charge in [-0.3, -0.25) is 9.59 Å². The minimum Gasteiger partial charge on any atom is -0.455 e. The average molecular weight is 432 g/mol. The Morgan fingerprint density at radius 2 is 1.87 bits per heavy atom. The number of amides is 2. The predicted molar refractivity (Wildman–Crippen MR) is 111 cm³/mol. The molecule has 0 radical (unpaired) electrons. The number of carbonyl (C=O) groups excluding carboxylic acids is 2. The first-order valence-corrected chi connectivity index (χ1v) is 11.4. The number of carbonyl (C=O) groups is 2. The van der Waals surface area contributed by atoms with Gasteiger partial charge < -0.3 is 14.6 Å². The Morgan fingerprint density at radius 1 is 1.20 bits per heavy atom. The number of nitrogens with one attached hydrogen (secondary N) is 1. The minimum absolute atomic E-state index is 0.00460. The summed E-state index contributed by atoms with van der Waals surface area (Å²) in [5.41, 5.74) is 1.89. The second-order valence-electron chi connectivity index (χ2n) is 8.00. The molecule has 2 amide bonds. The lowest BCUT2D eigenvalue weighted by Crippen LogP contribution is -2.40. The third-order valence-corrected chi connectivity index (χ3v) is 7.90. The van der Waals surface area contributed by atoms with Gasteiger partial charge in [-0.05, 0) is 37.3 Å². The van der Waals surface area contributed by atoms with Crippen molar-refractivity contribution < 1.29 is 22.4 Å². The van der Waals surface area contributed by atoms with Crippen LogP contribution in [-0.2, 0) is 14.8 Å². The van der Waals surface area contributed by atoms with Crippen molar-refractivity contribution in [2.75, 3.05) is 32.5 Å². The first-order chi connectivity index (χ1) is 14.2. The molecule has 0 aliphatic carbocycles. The zero-order chi connectivity index (χ0) is 21.6. The van der Waals surface area contributed by atoms with Crippen LogP contribution < -0.4 is 5.32 Å². The molecule has 30 heavy (non-hydrogen) atoms. The third-order valence-electron chi connectivity index (χ3n) is 5.98. The highest BCUT2D eigenvalue weighted by Gasteiger charge is 2.39. The van der Waals surface area contributed by atoms with Gasteiger partial charge in [0.15, 0.2) is 5.76 Å². The largest absolute Gasteiger partial charge is 0.455 e. The number of para-hydroxylation sites is 1. The molecule has 160 valence electrons. The number of hydrogen-bond acceptors (Lipinski definition) is 5. The lowest BCUT2D eigenvalue weighted by atomic mass is 9.81. The third kappa shape index (κ3) is 3.41. The molecule has 4 rings (SSSR count). The van der Waals surface area contributed by atoms with E-state index in [4.69, 9.17) is 4.42 Å².